The number of aromatic nitrogens is 1. The van der Waals surface area contributed by atoms with E-state index in [1.54, 1.807) is 18.1 Å². The molecule has 1 aromatic carbocycles. The van der Waals surface area contributed by atoms with Crippen molar-refractivity contribution in [2.45, 2.75) is 13.0 Å². The lowest BCUT2D eigenvalue weighted by Crippen LogP contribution is -2.39. The predicted octanol–water partition coefficient (Wildman–Crippen LogP) is 4.24. The molecule has 0 bridgehead atoms. The Hall–Kier alpha value is -2.60. The van der Waals surface area contributed by atoms with Crippen LogP contribution in [0, 0.1) is 5.82 Å². The van der Waals surface area contributed by atoms with E-state index in [1.165, 1.54) is 18.2 Å². The highest BCUT2D eigenvalue weighted by molar-refractivity contribution is 6.31. The minimum Gasteiger partial charge on any atom is -0.380 e. The first kappa shape index (κ1) is 17.2. The van der Waals surface area contributed by atoms with Crippen molar-refractivity contribution in [3.05, 3.63) is 59.1 Å². The number of nitrogens with zero attached hydrogens (tertiary/aromatic N) is 2. The van der Waals surface area contributed by atoms with Crippen molar-refractivity contribution in [1.82, 2.24) is 9.88 Å². The largest absolute Gasteiger partial charge is 0.380 e. The van der Waals surface area contributed by atoms with Gasteiger partial charge in [0.1, 0.15) is 5.82 Å². The minimum absolute atomic E-state index is 0.0345. The number of anilines is 2. The number of benzene rings is 1. The Balaban J connectivity index is 1.75. The van der Waals surface area contributed by atoms with E-state index in [0.717, 1.165) is 17.0 Å². The molecule has 7 heteroatoms. The Morgan fingerprint density at radius 3 is 3.00 bits per heavy atom. The summed E-state index contributed by atoms with van der Waals surface area (Å²) in [5, 5.41) is 5.95. The van der Waals surface area contributed by atoms with Crippen LogP contribution in [0.2, 0.25) is 5.02 Å². The monoisotopic (exact) mass is 360 g/mol. The van der Waals surface area contributed by atoms with E-state index in [2.05, 4.69) is 15.6 Å². The third kappa shape index (κ3) is 3.58. The lowest BCUT2D eigenvalue weighted by molar-refractivity contribution is 0.217. The van der Waals surface area contributed by atoms with Gasteiger partial charge in [-0.1, -0.05) is 17.7 Å². The summed E-state index contributed by atoms with van der Waals surface area (Å²) >= 11 is 5.75. The molecule has 0 unspecified atom stereocenters. The summed E-state index contributed by atoms with van der Waals surface area (Å²) in [4.78, 5) is 18.5. The van der Waals surface area contributed by atoms with Gasteiger partial charge in [0.2, 0.25) is 0 Å². The summed E-state index contributed by atoms with van der Waals surface area (Å²) in [6, 6.07) is 7.40. The summed E-state index contributed by atoms with van der Waals surface area (Å²) in [5.74, 6) is -0.524. The third-order valence-corrected chi connectivity index (χ3v) is 4.51. The first-order valence-electron chi connectivity index (χ1n) is 7.85. The fraction of sp³-hybridized carbons (Fsp3) is 0.222. The van der Waals surface area contributed by atoms with Crippen LogP contribution in [0.15, 0.2) is 42.6 Å². The molecule has 2 N–H and O–H groups in total. The second kappa shape index (κ2) is 7.11. The zero-order valence-electron chi connectivity index (χ0n) is 13.9. The smallest absolute Gasteiger partial charge is 0.322 e. The number of halogens is 2. The summed E-state index contributed by atoms with van der Waals surface area (Å²) in [5.41, 5.74) is 3.20. The lowest BCUT2D eigenvalue weighted by Gasteiger charge is -2.30. The number of amides is 2. The number of likely N-dealkylation sites (N-methyl/N-ethyl adjacent to an activating group) is 1. The molecule has 3 rings (SSSR count). The molecule has 5 nitrogen and oxygen atoms in total. The first-order valence-corrected chi connectivity index (χ1v) is 8.23. The fourth-order valence-electron chi connectivity index (χ4n) is 2.68. The number of fused-ring (bicyclic) bond motifs is 1. The molecule has 2 amide bonds. The third-order valence-electron chi connectivity index (χ3n) is 4.22. The number of urea groups is 1. The van der Waals surface area contributed by atoms with Gasteiger partial charge >= 0.3 is 6.03 Å². The van der Waals surface area contributed by atoms with E-state index in [9.17, 15) is 9.18 Å². The van der Waals surface area contributed by atoms with Crippen molar-refractivity contribution in [2.24, 2.45) is 0 Å². The number of pyridine rings is 1. The van der Waals surface area contributed by atoms with Crippen LogP contribution in [0.4, 0.5) is 20.6 Å². The number of rotatable bonds is 3. The van der Waals surface area contributed by atoms with Crippen LogP contribution in [0.3, 0.4) is 0 Å². The standard InChI is InChI=1S/C18H18ClFN4O/c1-11(13-7-9-21-16-4-3-8-22-17(13)16)24(2)18(25)23-12-5-6-15(20)14(19)10-12/h3-8,10-11,21H,9H2,1-2H3,(H,23,25)/t11-/m0/s1. The molecule has 1 atom stereocenters. The van der Waals surface area contributed by atoms with Crippen molar-refractivity contribution < 1.29 is 9.18 Å². The van der Waals surface area contributed by atoms with Crippen molar-refractivity contribution >= 4 is 34.6 Å². The van der Waals surface area contributed by atoms with Crippen LogP contribution >= 0.6 is 11.6 Å². The summed E-state index contributed by atoms with van der Waals surface area (Å²) in [7, 11) is 1.70. The molecule has 0 spiro atoms. The molecule has 1 aromatic heterocycles. The highest BCUT2D eigenvalue weighted by Crippen LogP contribution is 2.29. The number of nitrogens with one attached hydrogen (secondary N) is 2. The summed E-state index contributed by atoms with van der Waals surface area (Å²) < 4.78 is 13.2. The quantitative estimate of drug-likeness (QED) is 0.861. The number of hydrogen-bond donors (Lipinski definition) is 2. The normalized spacial score (nSPS) is 14.0. The highest BCUT2D eigenvalue weighted by atomic mass is 35.5. The van der Waals surface area contributed by atoms with Gasteiger partial charge in [-0.2, -0.15) is 0 Å². The van der Waals surface area contributed by atoms with Gasteiger partial charge in [0, 0.05) is 25.5 Å². The average molecular weight is 361 g/mol. The van der Waals surface area contributed by atoms with Crippen molar-refractivity contribution in [3.63, 3.8) is 0 Å². The first-order chi connectivity index (χ1) is 12.0. The predicted molar refractivity (Wildman–Crippen MR) is 98.4 cm³/mol. The number of carbonyl (C=O) groups is 1. The Morgan fingerprint density at radius 1 is 1.44 bits per heavy atom. The van der Waals surface area contributed by atoms with Gasteiger partial charge in [-0.3, -0.25) is 4.98 Å². The number of carbonyl (C=O) groups excluding carboxylic acids is 1. The van der Waals surface area contributed by atoms with E-state index in [1.807, 2.05) is 25.1 Å². The molecular weight excluding hydrogens is 343 g/mol. The maximum absolute atomic E-state index is 13.2. The SMILES string of the molecule is C[C@@H](C1=CCNc2cccnc21)N(C)C(=O)Nc1ccc(F)c(Cl)c1. The molecule has 0 saturated carbocycles. The van der Waals surface area contributed by atoms with Gasteiger partial charge < -0.3 is 15.5 Å². The molecular formula is C18H18ClFN4O. The minimum atomic E-state index is -0.524. The van der Waals surface area contributed by atoms with E-state index < -0.39 is 5.82 Å². The van der Waals surface area contributed by atoms with Crippen LogP contribution < -0.4 is 10.6 Å². The molecule has 0 aliphatic carbocycles. The Morgan fingerprint density at radius 2 is 2.24 bits per heavy atom. The summed E-state index contributed by atoms with van der Waals surface area (Å²) in [6.07, 6.45) is 3.76. The van der Waals surface area contributed by atoms with Gasteiger partial charge in [-0.25, -0.2) is 9.18 Å². The van der Waals surface area contributed by atoms with Crippen LogP contribution in [-0.4, -0.2) is 35.5 Å². The zero-order valence-corrected chi connectivity index (χ0v) is 14.6. The second-order valence-electron chi connectivity index (χ2n) is 5.79. The maximum Gasteiger partial charge on any atom is 0.322 e. The van der Waals surface area contributed by atoms with E-state index in [0.29, 0.717) is 12.2 Å². The molecule has 2 heterocycles. The van der Waals surface area contributed by atoms with Crippen molar-refractivity contribution in [3.8, 4) is 0 Å². The highest BCUT2D eigenvalue weighted by Gasteiger charge is 2.24. The average Bonchev–Trinajstić information content (AvgIpc) is 2.63. The topological polar surface area (TPSA) is 57.3 Å². The maximum atomic E-state index is 13.2. The van der Waals surface area contributed by atoms with Gasteiger partial charge in [0.15, 0.2) is 0 Å². The van der Waals surface area contributed by atoms with Crippen LogP contribution in [-0.2, 0) is 0 Å². The van der Waals surface area contributed by atoms with Crippen molar-refractivity contribution in [2.75, 3.05) is 24.2 Å². The second-order valence-corrected chi connectivity index (χ2v) is 6.19. The van der Waals surface area contributed by atoms with Gasteiger partial charge in [-0.15, -0.1) is 0 Å². The molecule has 0 fully saturated rings. The van der Waals surface area contributed by atoms with Crippen LogP contribution in [0.1, 0.15) is 12.6 Å². The summed E-state index contributed by atoms with van der Waals surface area (Å²) in [6.45, 7) is 2.62. The zero-order chi connectivity index (χ0) is 18.0. The molecule has 1 aliphatic heterocycles. The molecule has 2 aromatic rings. The Bertz CT molecular complexity index is 840. The molecule has 130 valence electrons. The molecule has 0 radical (unpaired) electrons. The fourth-order valence-corrected chi connectivity index (χ4v) is 2.86. The lowest BCUT2D eigenvalue weighted by atomic mass is 9.99. The van der Waals surface area contributed by atoms with Crippen molar-refractivity contribution in [1.29, 1.82) is 0 Å². The Kier molecular flexibility index (Phi) is 4.90. The van der Waals surface area contributed by atoms with Gasteiger partial charge in [0.25, 0.3) is 0 Å². The number of hydrogen-bond acceptors (Lipinski definition) is 3. The molecule has 25 heavy (non-hydrogen) atoms. The van der Waals surface area contributed by atoms with Crippen LogP contribution in [0.25, 0.3) is 5.57 Å². The van der Waals surface area contributed by atoms with Crippen LogP contribution in [0.5, 0.6) is 0 Å². The Labute approximate surface area is 150 Å². The molecule has 0 saturated heterocycles. The van der Waals surface area contributed by atoms with E-state index >= 15 is 0 Å². The van der Waals surface area contributed by atoms with Gasteiger partial charge in [0.05, 0.1) is 22.4 Å². The van der Waals surface area contributed by atoms with Gasteiger partial charge in [-0.05, 0) is 42.8 Å². The molecule has 1 aliphatic rings. The van der Waals surface area contributed by atoms with E-state index in [-0.39, 0.29) is 17.1 Å². The van der Waals surface area contributed by atoms with E-state index in [4.69, 9.17) is 11.6 Å².